The molecular weight excluding hydrogens is 194 g/mol. The third-order valence-corrected chi connectivity index (χ3v) is 3.23. The van der Waals surface area contributed by atoms with Crippen LogP contribution in [0.4, 0.5) is 0 Å². The maximum atomic E-state index is 11.7. The van der Waals surface area contributed by atoms with Crippen molar-refractivity contribution < 1.29 is 4.21 Å². The Balaban J connectivity index is 3.29. The van der Waals surface area contributed by atoms with Crippen LogP contribution in [-0.2, 0) is 10.8 Å². The van der Waals surface area contributed by atoms with E-state index in [4.69, 9.17) is 0 Å². The number of aromatic nitrogens is 1. The summed E-state index contributed by atoms with van der Waals surface area (Å²) in [6, 6.07) is 1.93. The molecular formula is C11H15NOS. The van der Waals surface area contributed by atoms with Crippen molar-refractivity contribution in [2.45, 2.75) is 25.7 Å². The second kappa shape index (κ2) is 4.51. The van der Waals surface area contributed by atoms with Gasteiger partial charge in [0, 0.05) is 11.9 Å². The van der Waals surface area contributed by atoms with Crippen LogP contribution in [0.15, 0.2) is 23.7 Å². The first kappa shape index (κ1) is 11.1. The Morgan fingerprint density at radius 3 is 2.79 bits per heavy atom. The van der Waals surface area contributed by atoms with E-state index >= 15 is 0 Å². The Morgan fingerprint density at radius 1 is 1.64 bits per heavy atom. The van der Waals surface area contributed by atoms with Gasteiger partial charge in [-0.05, 0) is 31.1 Å². The van der Waals surface area contributed by atoms with Crippen LogP contribution >= 0.6 is 0 Å². The average Bonchev–Trinajstić information content (AvgIpc) is 2.16. The summed E-state index contributed by atoms with van der Waals surface area (Å²) in [6.45, 7) is 9.57. The van der Waals surface area contributed by atoms with Gasteiger partial charge in [0.2, 0.25) is 0 Å². The Morgan fingerprint density at radius 2 is 2.29 bits per heavy atom. The van der Waals surface area contributed by atoms with Gasteiger partial charge in [-0.1, -0.05) is 13.5 Å². The van der Waals surface area contributed by atoms with Crippen molar-refractivity contribution in [2.24, 2.45) is 0 Å². The molecule has 1 unspecified atom stereocenters. The van der Waals surface area contributed by atoms with Crippen molar-refractivity contribution in [1.29, 1.82) is 0 Å². The van der Waals surface area contributed by atoms with Gasteiger partial charge in [-0.3, -0.25) is 9.19 Å². The first-order valence-corrected chi connectivity index (χ1v) is 5.89. The number of allylic oxidation sites excluding steroid dienone is 1. The third kappa shape index (κ3) is 2.29. The molecule has 3 heteroatoms. The molecule has 1 atom stereocenters. The quantitative estimate of drug-likeness (QED) is 0.765. The Kier molecular flexibility index (Phi) is 3.58. The van der Waals surface area contributed by atoms with Gasteiger partial charge in [0.15, 0.2) is 0 Å². The van der Waals surface area contributed by atoms with E-state index < -0.39 is 10.8 Å². The van der Waals surface area contributed by atoms with Gasteiger partial charge < -0.3 is 0 Å². The van der Waals surface area contributed by atoms with Crippen LogP contribution in [0.2, 0.25) is 0 Å². The first-order valence-electron chi connectivity index (χ1n) is 4.57. The summed E-state index contributed by atoms with van der Waals surface area (Å²) < 4.78 is 11.7. The topological polar surface area (TPSA) is 30.0 Å². The summed E-state index contributed by atoms with van der Waals surface area (Å²) in [4.78, 5) is 5.06. The van der Waals surface area contributed by atoms with Crippen LogP contribution < -0.4 is 0 Å². The lowest BCUT2D eigenvalue weighted by atomic mass is 10.2. The SMILES string of the molecule is C=C(C)c1ncc(C)cc1S(=O)CC. The molecule has 0 amide bonds. The first-order chi connectivity index (χ1) is 6.56. The predicted octanol–water partition coefficient (Wildman–Crippen LogP) is 2.55. The van der Waals surface area contributed by atoms with Crippen LogP contribution in [-0.4, -0.2) is 14.9 Å². The fourth-order valence-electron chi connectivity index (χ4n) is 1.19. The number of aryl methyl sites for hydroxylation is 1. The van der Waals surface area contributed by atoms with Crippen LogP contribution in [0.3, 0.4) is 0 Å². The number of hydrogen-bond donors (Lipinski definition) is 0. The molecule has 14 heavy (non-hydrogen) atoms. The molecule has 0 bridgehead atoms. The Labute approximate surface area is 87.5 Å². The highest BCUT2D eigenvalue weighted by molar-refractivity contribution is 7.85. The molecule has 2 nitrogen and oxygen atoms in total. The lowest BCUT2D eigenvalue weighted by Gasteiger charge is -2.07. The average molecular weight is 209 g/mol. The molecule has 1 rings (SSSR count). The summed E-state index contributed by atoms with van der Waals surface area (Å²) in [5.41, 5.74) is 2.67. The predicted molar refractivity (Wildman–Crippen MR) is 60.6 cm³/mol. The fourth-order valence-corrected chi connectivity index (χ4v) is 2.26. The molecule has 0 radical (unpaired) electrons. The normalized spacial score (nSPS) is 12.5. The molecule has 0 aliphatic heterocycles. The van der Waals surface area contributed by atoms with Gasteiger partial charge in [0.05, 0.1) is 21.4 Å². The minimum Gasteiger partial charge on any atom is -0.255 e. The molecule has 1 aromatic heterocycles. The van der Waals surface area contributed by atoms with Crippen molar-refractivity contribution in [1.82, 2.24) is 4.98 Å². The summed E-state index contributed by atoms with van der Waals surface area (Å²) in [5, 5.41) is 0. The molecule has 0 saturated carbocycles. The lowest BCUT2D eigenvalue weighted by molar-refractivity contribution is 0.683. The van der Waals surface area contributed by atoms with E-state index in [0.29, 0.717) is 5.75 Å². The Bertz CT molecular complexity index is 385. The maximum absolute atomic E-state index is 11.7. The second-order valence-electron chi connectivity index (χ2n) is 3.27. The molecule has 76 valence electrons. The molecule has 1 heterocycles. The minimum absolute atomic E-state index is 0.616. The number of rotatable bonds is 3. The maximum Gasteiger partial charge on any atom is 0.0814 e. The molecule has 0 aromatic carbocycles. The number of nitrogens with zero attached hydrogens (tertiary/aromatic N) is 1. The van der Waals surface area contributed by atoms with E-state index in [-0.39, 0.29) is 0 Å². The molecule has 0 N–H and O–H groups in total. The summed E-state index contributed by atoms with van der Waals surface area (Å²) in [5.74, 6) is 0.616. The molecule has 0 saturated heterocycles. The zero-order valence-electron chi connectivity index (χ0n) is 8.83. The summed E-state index contributed by atoms with van der Waals surface area (Å²) in [6.07, 6.45) is 1.78. The molecule has 1 aromatic rings. The van der Waals surface area contributed by atoms with Gasteiger partial charge in [-0.15, -0.1) is 0 Å². The standard InChI is InChI=1S/C11H15NOS/c1-5-14(13)10-6-9(4)7-12-11(10)8(2)3/h6-7H,2,5H2,1,3-4H3. The van der Waals surface area contributed by atoms with Gasteiger partial charge in [-0.25, -0.2) is 0 Å². The smallest absolute Gasteiger partial charge is 0.0814 e. The summed E-state index contributed by atoms with van der Waals surface area (Å²) >= 11 is 0. The zero-order chi connectivity index (χ0) is 10.7. The van der Waals surface area contributed by atoms with E-state index in [1.54, 1.807) is 6.20 Å². The van der Waals surface area contributed by atoms with Crippen molar-refractivity contribution in [2.75, 3.05) is 5.75 Å². The zero-order valence-corrected chi connectivity index (χ0v) is 9.65. The van der Waals surface area contributed by atoms with Crippen LogP contribution in [0.25, 0.3) is 5.57 Å². The van der Waals surface area contributed by atoms with Crippen molar-refractivity contribution in [3.8, 4) is 0 Å². The fraction of sp³-hybridized carbons (Fsp3) is 0.364. The molecule has 0 aliphatic carbocycles. The van der Waals surface area contributed by atoms with Crippen LogP contribution in [0, 0.1) is 6.92 Å². The van der Waals surface area contributed by atoms with Crippen molar-refractivity contribution >= 4 is 16.4 Å². The monoisotopic (exact) mass is 209 g/mol. The van der Waals surface area contributed by atoms with Crippen molar-refractivity contribution in [3.05, 3.63) is 30.1 Å². The second-order valence-corrected chi connectivity index (χ2v) is 4.98. The van der Waals surface area contributed by atoms with E-state index in [1.807, 2.05) is 26.8 Å². The molecule has 0 spiro atoms. The van der Waals surface area contributed by atoms with Gasteiger partial charge in [-0.2, -0.15) is 0 Å². The highest BCUT2D eigenvalue weighted by Gasteiger charge is 2.10. The van der Waals surface area contributed by atoms with E-state index in [2.05, 4.69) is 11.6 Å². The van der Waals surface area contributed by atoms with Gasteiger partial charge >= 0.3 is 0 Å². The number of hydrogen-bond acceptors (Lipinski definition) is 2. The Hall–Kier alpha value is -0.960. The third-order valence-electron chi connectivity index (χ3n) is 1.90. The van der Waals surface area contributed by atoms with Crippen molar-refractivity contribution in [3.63, 3.8) is 0 Å². The van der Waals surface area contributed by atoms with E-state index in [0.717, 1.165) is 21.7 Å². The van der Waals surface area contributed by atoms with Gasteiger partial charge in [0.25, 0.3) is 0 Å². The minimum atomic E-state index is -0.956. The van der Waals surface area contributed by atoms with E-state index in [9.17, 15) is 4.21 Å². The highest BCUT2D eigenvalue weighted by Crippen LogP contribution is 2.19. The largest absolute Gasteiger partial charge is 0.255 e. The van der Waals surface area contributed by atoms with Crippen LogP contribution in [0.5, 0.6) is 0 Å². The number of pyridine rings is 1. The summed E-state index contributed by atoms with van der Waals surface area (Å²) in [7, 11) is -0.956. The van der Waals surface area contributed by atoms with Gasteiger partial charge in [0.1, 0.15) is 0 Å². The van der Waals surface area contributed by atoms with E-state index in [1.165, 1.54) is 0 Å². The highest BCUT2D eigenvalue weighted by atomic mass is 32.2. The molecule has 0 aliphatic rings. The molecule has 0 fully saturated rings. The lowest BCUT2D eigenvalue weighted by Crippen LogP contribution is -2.01. The van der Waals surface area contributed by atoms with Crippen LogP contribution in [0.1, 0.15) is 25.1 Å².